The number of hydrogen-bond donors (Lipinski definition) is 1. The minimum absolute atomic E-state index is 0.0699. The Morgan fingerprint density at radius 1 is 0.915 bits per heavy atom. The van der Waals surface area contributed by atoms with E-state index in [0.717, 1.165) is 18.4 Å². The van der Waals surface area contributed by atoms with Gasteiger partial charge in [-0.25, -0.2) is 9.18 Å². The molecule has 1 saturated heterocycles. The van der Waals surface area contributed by atoms with Crippen molar-refractivity contribution in [3.8, 4) is 22.6 Å². The quantitative estimate of drug-likeness (QED) is 0.209. The molecule has 8 nitrogen and oxygen atoms in total. The lowest BCUT2D eigenvalue weighted by atomic mass is 9.97. The first-order valence-electron chi connectivity index (χ1n) is 16.2. The summed E-state index contributed by atoms with van der Waals surface area (Å²) in [5, 5.41) is 2.73. The van der Waals surface area contributed by atoms with Gasteiger partial charge in [-0.1, -0.05) is 36.4 Å². The standard InChI is InChI=1S/C38H48FNO7/c1-25(40-36(42)47-38(5,6)7)31-12-10-13-32(35(31)39)29-19-27(20-30(21-29)44-23-26-15-17-43-18-16-26)24-45-33-14-9-8-11-28(33)22-34(41)46-37(2,3)4/h8-14,19-21,25-26H,15-18,22-24H2,1-7H3,(H,40,42)/t25-/m1/s1. The molecule has 1 heterocycles. The molecule has 0 spiro atoms. The van der Waals surface area contributed by atoms with Crippen LogP contribution in [0.25, 0.3) is 11.1 Å². The highest BCUT2D eigenvalue weighted by Gasteiger charge is 2.23. The Balaban J connectivity index is 1.60. The van der Waals surface area contributed by atoms with Crippen LogP contribution in [0.2, 0.25) is 0 Å². The van der Waals surface area contributed by atoms with Crippen molar-refractivity contribution < 1.29 is 37.7 Å². The number of benzene rings is 3. The van der Waals surface area contributed by atoms with Gasteiger partial charge in [0.05, 0.1) is 19.1 Å². The van der Waals surface area contributed by atoms with Crippen LogP contribution in [0.4, 0.5) is 9.18 Å². The Bertz CT molecular complexity index is 1520. The van der Waals surface area contributed by atoms with Gasteiger partial charge in [-0.2, -0.15) is 0 Å². The number of hydrogen-bond acceptors (Lipinski definition) is 7. The minimum atomic E-state index is -0.677. The molecule has 0 aliphatic carbocycles. The highest BCUT2D eigenvalue weighted by molar-refractivity contribution is 5.74. The van der Waals surface area contributed by atoms with Crippen LogP contribution in [0.1, 0.15) is 84.0 Å². The molecule has 1 atom stereocenters. The number of nitrogens with one attached hydrogen (secondary N) is 1. The van der Waals surface area contributed by atoms with E-state index >= 15 is 4.39 Å². The smallest absolute Gasteiger partial charge is 0.408 e. The third-order valence-electron chi connectivity index (χ3n) is 7.45. The van der Waals surface area contributed by atoms with Crippen LogP contribution in [0.15, 0.2) is 60.7 Å². The second-order valence-electron chi connectivity index (χ2n) is 14.0. The van der Waals surface area contributed by atoms with Gasteiger partial charge in [-0.05, 0) is 103 Å². The summed E-state index contributed by atoms with van der Waals surface area (Å²) < 4.78 is 45.0. The molecular formula is C38H48FNO7. The van der Waals surface area contributed by atoms with Crippen molar-refractivity contribution in [1.82, 2.24) is 5.32 Å². The molecule has 47 heavy (non-hydrogen) atoms. The summed E-state index contributed by atoms with van der Waals surface area (Å²) in [5.74, 6) is 0.729. The normalized spacial score (nSPS) is 14.6. The fraction of sp³-hybridized carbons (Fsp3) is 0.474. The van der Waals surface area contributed by atoms with E-state index < -0.39 is 29.2 Å². The van der Waals surface area contributed by atoms with Gasteiger partial charge in [0.25, 0.3) is 0 Å². The Kier molecular flexibility index (Phi) is 11.9. The maximum Gasteiger partial charge on any atom is 0.408 e. The monoisotopic (exact) mass is 649 g/mol. The summed E-state index contributed by atoms with van der Waals surface area (Å²) in [4.78, 5) is 25.0. The van der Waals surface area contributed by atoms with Gasteiger partial charge in [0.2, 0.25) is 0 Å². The van der Waals surface area contributed by atoms with Crippen molar-refractivity contribution in [2.24, 2.45) is 5.92 Å². The van der Waals surface area contributed by atoms with Crippen molar-refractivity contribution in [3.05, 3.63) is 83.2 Å². The molecule has 1 fully saturated rings. The summed E-state index contributed by atoms with van der Waals surface area (Å²) in [6.45, 7) is 14.6. The average Bonchev–Trinajstić information content (AvgIpc) is 2.98. The molecule has 1 aliphatic rings. The third-order valence-corrected chi connectivity index (χ3v) is 7.45. The SMILES string of the molecule is C[C@@H](NC(=O)OC(C)(C)C)c1cccc(-c2cc(COc3ccccc3CC(=O)OC(C)(C)C)cc(OCC3CCOCC3)c2)c1F. The van der Waals surface area contributed by atoms with E-state index in [2.05, 4.69) is 5.32 Å². The van der Waals surface area contributed by atoms with E-state index in [1.165, 1.54) is 0 Å². The fourth-order valence-corrected chi connectivity index (χ4v) is 5.26. The van der Waals surface area contributed by atoms with E-state index in [1.807, 2.05) is 63.2 Å². The molecule has 3 aromatic rings. The van der Waals surface area contributed by atoms with Crippen LogP contribution in [-0.4, -0.2) is 43.1 Å². The van der Waals surface area contributed by atoms with Gasteiger partial charge in [-0.15, -0.1) is 0 Å². The summed E-state index contributed by atoms with van der Waals surface area (Å²) in [7, 11) is 0. The van der Waals surface area contributed by atoms with Gasteiger partial charge in [0, 0.05) is 29.9 Å². The molecule has 1 N–H and O–H groups in total. The molecule has 3 aromatic carbocycles. The lowest BCUT2D eigenvalue weighted by molar-refractivity contribution is -0.153. The van der Waals surface area contributed by atoms with Crippen LogP contribution in [-0.2, 0) is 32.0 Å². The van der Waals surface area contributed by atoms with Crippen molar-refractivity contribution in [3.63, 3.8) is 0 Å². The predicted octanol–water partition coefficient (Wildman–Crippen LogP) is 8.35. The minimum Gasteiger partial charge on any atom is -0.493 e. The molecule has 0 radical (unpaired) electrons. The number of ether oxygens (including phenoxy) is 5. The van der Waals surface area contributed by atoms with Crippen LogP contribution >= 0.6 is 0 Å². The molecule has 254 valence electrons. The molecule has 0 unspecified atom stereocenters. The van der Waals surface area contributed by atoms with E-state index in [0.29, 0.717) is 59.5 Å². The number of carbonyl (C=O) groups excluding carboxylic acids is 2. The lowest BCUT2D eigenvalue weighted by Gasteiger charge is -2.23. The number of halogens is 1. The Morgan fingerprint density at radius 3 is 2.32 bits per heavy atom. The predicted molar refractivity (Wildman–Crippen MR) is 179 cm³/mol. The topological polar surface area (TPSA) is 92.3 Å². The number of alkyl carbamates (subject to hydrolysis) is 1. The van der Waals surface area contributed by atoms with E-state index in [9.17, 15) is 9.59 Å². The highest BCUT2D eigenvalue weighted by Crippen LogP contribution is 2.33. The maximum absolute atomic E-state index is 16.2. The number of esters is 1. The third kappa shape index (κ3) is 11.3. The van der Waals surface area contributed by atoms with E-state index in [1.54, 1.807) is 45.9 Å². The number of amides is 1. The van der Waals surface area contributed by atoms with E-state index in [-0.39, 0.29) is 19.0 Å². The first kappa shape index (κ1) is 35.7. The van der Waals surface area contributed by atoms with Gasteiger partial charge in [0.1, 0.15) is 35.1 Å². The Hall–Kier alpha value is -4.11. The number of para-hydroxylation sites is 1. The summed E-state index contributed by atoms with van der Waals surface area (Å²) in [6, 6.07) is 17.4. The zero-order chi connectivity index (χ0) is 34.2. The molecule has 0 saturated carbocycles. The average molecular weight is 650 g/mol. The molecular weight excluding hydrogens is 601 g/mol. The summed E-state index contributed by atoms with van der Waals surface area (Å²) in [6.07, 6.45) is 1.29. The largest absolute Gasteiger partial charge is 0.493 e. The van der Waals surface area contributed by atoms with Crippen molar-refractivity contribution in [1.29, 1.82) is 0 Å². The molecule has 9 heteroatoms. The first-order chi connectivity index (χ1) is 22.2. The van der Waals surface area contributed by atoms with Crippen LogP contribution < -0.4 is 14.8 Å². The maximum atomic E-state index is 16.2. The Labute approximate surface area is 277 Å². The zero-order valence-corrected chi connectivity index (χ0v) is 28.6. The van der Waals surface area contributed by atoms with Crippen molar-refractivity contribution >= 4 is 12.1 Å². The van der Waals surface area contributed by atoms with Crippen molar-refractivity contribution in [2.45, 2.75) is 91.6 Å². The van der Waals surface area contributed by atoms with Crippen LogP contribution in [0.3, 0.4) is 0 Å². The van der Waals surface area contributed by atoms with Gasteiger partial charge in [-0.3, -0.25) is 4.79 Å². The van der Waals surface area contributed by atoms with Crippen LogP contribution in [0.5, 0.6) is 11.5 Å². The Morgan fingerprint density at radius 2 is 1.62 bits per heavy atom. The summed E-state index contributed by atoms with van der Waals surface area (Å²) >= 11 is 0. The molecule has 4 rings (SSSR count). The molecule has 0 bridgehead atoms. The van der Waals surface area contributed by atoms with Crippen molar-refractivity contribution in [2.75, 3.05) is 19.8 Å². The second-order valence-corrected chi connectivity index (χ2v) is 14.0. The summed E-state index contributed by atoms with van der Waals surface area (Å²) in [5.41, 5.74) is 1.51. The van der Waals surface area contributed by atoms with Gasteiger partial charge < -0.3 is 29.0 Å². The molecule has 1 amide bonds. The molecule has 1 aliphatic heterocycles. The second kappa shape index (κ2) is 15.7. The first-order valence-corrected chi connectivity index (χ1v) is 16.2. The number of rotatable bonds is 11. The van der Waals surface area contributed by atoms with E-state index in [4.69, 9.17) is 23.7 Å². The van der Waals surface area contributed by atoms with Gasteiger partial charge >= 0.3 is 12.1 Å². The highest BCUT2D eigenvalue weighted by atomic mass is 19.1. The lowest BCUT2D eigenvalue weighted by Crippen LogP contribution is -2.34. The number of carbonyl (C=O) groups is 2. The molecule has 0 aromatic heterocycles. The fourth-order valence-electron chi connectivity index (χ4n) is 5.26. The van der Waals surface area contributed by atoms with Crippen LogP contribution in [0, 0.1) is 11.7 Å². The van der Waals surface area contributed by atoms with Gasteiger partial charge in [0.15, 0.2) is 0 Å². The zero-order valence-electron chi connectivity index (χ0n) is 28.6.